The van der Waals surface area contributed by atoms with E-state index in [0.29, 0.717) is 11.5 Å². The number of phenols is 2. The molecule has 0 aliphatic rings. The van der Waals surface area contributed by atoms with Gasteiger partial charge >= 0.3 is 0 Å². The molecule has 3 rings (SSSR count). The van der Waals surface area contributed by atoms with Crippen molar-refractivity contribution in [2.75, 3.05) is 26.3 Å². The van der Waals surface area contributed by atoms with Crippen LogP contribution < -0.4 is 9.47 Å². The predicted molar refractivity (Wildman–Crippen MR) is 132 cm³/mol. The standard InChI is InChI=1S/C24H22N4O8/c29-21-7-5-19(27(31)32)13-17(21)15-25-9-11-35-23-3-1-2-4-24(23)36-12-10-26-16-18-14-20(28(33)34)6-8-22(18)30/h1-8,13-16,29-30H,9-12H2. The van der Waals surface area contributed by atoms with Crippen LogP contribution in [-0.4, -0.2) is 58.8 Å². The van der Waals surface area contributed by atoms with Gasteiger partial charge in [-0.15, -0.1) is 0 Å². The van der Waals surface area contributed by atoms with Crippen LogP contribution in [0.15, 0.2) is 70.6 Å². The van der Waals surface area contributed by atoms with E-state index < -0.39 is 9.85 Å². The quantitative estimate of drug-likeness (QED) is 0.165. The molecule has 0 heterocycles. The topological polar surface area (TPSA) is 170 Å². The predicted octanol–water partition coefficient (Wildman–Crippen LogP) is 3.91. The third kappa shape index (κ3) is 7.25. The lowest BCUT2D eigenvalue weighted by atomic mass is 10.2. The fourth-order valence-corrected chi connectivity index (χ4v) is 2.95. The van der Waals surface area contributed by atoms with Gasteiger partial charge in [-0.3, -0.25) is 30.2 Å². The average molecular weight is 494 g/mol. The van der Waals surface area contributed by atoms with E-state index in [9.17, 15) is 30.4 Å². The molecule has 0 fully saturated rings. The van der Waals surface area contributed by atoms with Crippen LogP contribution in [0.1, 0.15) is 11.1 Å². The van der Waals surface area contributed by atoms with Crippen LogP contribution in [0.3, 0.4) is 0 Å². The maximum absolute atomic E-state index is 10.9. The van der Waals surface area contributed by atoms with Gasteiger partial charge in [0.05, 0.1) is 22.9 Å². The molecule has 3 aromatic rings. The molecule has 0 unspecified atom stereocenters. The molecule has 12 nitrogen and oxygen atoms in total. The number of hydrogen-bond donors (Lipinski definition) is 2. The first-order valence-corrected chi connectivity index (χ1v) is 10.6. The highest BCUT2D eigenvalue weighted by Crippen LogP contribution is 2.26. The van der Waals surface area contributed by atoms with Crippen molar-refractivity contribution in [2.24, 2.45) is 9.98 Å². The van der Waals surface area contributed by atoms with E-state index in [0.717, 1.165) is 0 Å². The number of rotatable bonds is 12. The second kappa shape index (κ2) is 12.5. The smallest absolute Gasteiger partial charge is 0.270 e. The number of ether oxygens (including phenoxy) is 2. The minimum absolute atomic E-state index is 0.118. The molecule has 0 bridgehead atoms. The lowest BCUT2D eigenvalue weighted by molar-refractivity contribution is -0.385. The van der Waals surface area contributed by atoms with Gasteiger partial charge in [-0.1, -0.05) is 12.1 Å². The van der Waals surface area contributed by atoms with Crippen molar-refractivity contribution >= 4 is 23.8 Å². The largest absolute Gasteiger partial charge is 0.507 e. The van der Waals surface area contributed by atoms with Gasteiger partial charge in [0.1, 0.15) is 24.7 Å². The Morgan fingerprint density at radius 1 is 0.722 bits per heavy atom. The van der Waals surface area contributed by atoms with Crippen LogP contribution >= 0.6 is 0 Å². The number of aromatic hydroxyl groups is 2. The zero-order chi connectivity index (χ0) is 25.9. The summed E-state index contributed by atoms with van der Waals surface area (Å²) in [4.78, 5) is 28.9. The molecular formula is C24H22N4O8. The summed E-state index contributed by atoms with van der Waals surface area (Å²) >= 11 is 0. The number of phenolic OH excluding ortho intramolecular Hbond substituents is 2. The molecule has 0 atom stereocenters. The van der Waals surface area contributed by atoms with Crippen LogP contribution in [0.25, 0.3) is 0 Å². The molecule has 0 saturated heterocycles. The van der Waals surface area contributed by atoms with Crippen LogP contribution in [0.5, 0.6) is 23.0 Å². The van der Waals surface area contributed by atoms with E-state index in [4.69, 9.17) is 9.47 Å². The van der Waals surface area contributed by atoms with E-state index >= 15 is 0 Å². The molecule has 0 amide bonds. The first-order valence-electron chi connectivity index (χ1n) is 10.6. The molecular weight excluding hydrogens is 472 g/mol. The Kier molecular flexibility index (Phi) is 8.87. The fraction of sp³-hybridized carbons (Fsp3) is 0.167. The Morgan fingerprint density at radius 2 is 1.14 bits per heavy atom. The van der Waals surface area contributed by atoms with Crippen molar-refractivity contribution in [3.05, 3.63) is 92.0 Å². The van der Waals surface area contributed by atoms with Crippen LogP contribution in [-0.2, 0) is 0 Å². The Hall–Kier alpha value is -5.00. The van der Waals surface area contributed by atoms with Gasteiger partial charge in [-0.25, -0.2) is 0 Å². The van der Waals surface area contributed by atoms with Crippen molar-refractivity contribution in [3.8, 4) is 23.0 Å². The molecule has 0 saturated carbocycles. The average Bonchev–Trinajstić information content (AvgIpc) is 2.86. The second-order valence-electron chi connectivity index (χ2n) is 7.21. The molecule has 3 aromatic carbocycles. The first kappa shape index (κ1) is 25.6. The third-order valence-corrected chi connectivity index (χ3v) is 4.71. The summed E-state index contributed by atoms with van der Waals surface area (Å²) in [5.41, 5.74) is 0.157. The fourth-order valence-electron chi connectivity index (χ4n) is 2.95. The van der Waals surface area contributed by atoms with Crippen molar-refractivity contribution < 1.29 is 29.5 Å². The highest BCUT2D eigenvalue weighted by molar-refractivity contribution is 5.85. The minimum Gasteiger partial charge on any atom is -0.507 e. The normalized spacial score (nSPS) is 11.1. The van der Waals surface area contributed by atoms with Crippen LogP contribution in [0.2, 0.25) is 0 Å². The van der Waals surface area contributed by atoms with E-state index in [1.54, 1.807) is 24.3 Å². The third-order valence-electron chi connectivity index (χ3n) is 4.71. The number of nitro benzene ring substituents is 2. The summed E-state index contributed by atoms with van der Waals surface area (Å²) in [6, 6.07) is 14.3. The molecule has 2 N–H and O–H groups in total. The minimum atomic E-state index is -0.556. The van der Waals surface area contributed by atoms with Gasteiger partial charge in [0.25, 0.3) is 11.4 Å². The zero-order valence-electron chi connectivity index (χ0n) is 18.9. The van der Waals surface area contributed by atoms with E-state index in [2.05, 4.69) is 9.98 Å². The Bertz CT molecular complexity index is 1190. The molecule has 12 heteroatoms. The van der Waals surface area contributed by atoms with Crippen LogP contribution in [0.4, 0.5) is 11.4 Å². The van der Waals surface area contributed by atoms with Gasteiger partial charge in [0, 0.05) is 47.8 Å². The molecule has 0 spiro atoms. The van der Waals surface area contributed by atoms with Crippen LogP contribution in [0, 0.1) is 20.2 Å². The van der Waals surface area contributed by atoms with Gasteiger partial charge in [0.15, 0.2) is 11.5 Å². The molecule has 186 valence electrons. The van der Waals surface area contributed by atoms with Crippen molar-refractivity contribution in [1.82, 2.24) is 0 Å². The number of para-hydroxylation sites is 2. The van der Waals surface area contributed by atoms with E-state index in [-0.39, 0.29) is 60.3 Å². The molecule has 0 aliphatic heterocycles. The van der Waals surface area contributed by atoms with E-state index in [1.807, 2.05) is 0 Å². The second-order valence-corrected chi connectivity index (χ2v) is 7.21. The maximum atomic E-state index is 10.9. The Balaban J connectivity index is 1.49. The summed E-state index contributed by atoms with van der Waals surface area (Å²) in [6.07, 6.45) is 2.68. The molecule has 36 heavy (non-hydrogen) atoms. The molecule has 0 aliphatic carbocycles. The number of hydrogen-bond acceptors (Lipinski definition) is 10. The Morgan fingerprint density at radius 3 is 1.53 bits per heavy atom. The summed E-state index contributed by atoms with van der Waals surface area (Å²) < 4.78 is 11.4. The summed E-state index contributed by atoms with van der Waals surface area (Å²) in [5.74, 6) is 0.720. The van der Waals surface area contributed by atoms with Crippen molar-refractivity contribution in [3.63, 3.8) is 0 Å². The van der Waals surface area contributed by atoms with Crippen molar-refractivity contribution in [1.29, 1.82) is 0 Å². The highest BCUT2D eigenvalue weighted by Gasteiger charge is 2.10. The lowest BCUT2D eigenvalue weighted by Crippen LogP contribution is -2.06. The first-order chi connectivity index (χ1) is 17.3. The van der Waals surface area contributed by atoms with Gasteiger partial charge in [0.2, 0.25) is 0 Å². The summed E-state index contributed by atoms with van der Waals surface area (Å²) in [5, 5.41) is 41.3. The zero-order valence-corrected chi connectivity index (χ0v) is 18.9. The number of nitro groups is 2. The number of aliphatic imine (C=N–C) groups is 2. The summed E-state index contributed by atoms with van der Waals surface area (Å²) in [6.45, 7) is 0.842. The van der Waals surface area contributed by atoms with Gasteiger partial charge in [-0.2, -0.15) is 0 Å². The van der Waals surface area contributed by atoms with Crippen molar-refractivity contribution in [2.45, 2.75) is 0 Å². The SMILES string of the molecule is O=[N+]([O-])c1ccc(O)c(C=NCCOc2ccccc2OCCN=Cc2cc([N+](=O)[O-])ccc2O)c1. The molecule has 0 radical (unpaired) electrons. The lowest BCUT2D eigenvalue weighted by Gasteiger charge is -2.11. The summed E-state index contributed by atoms with van der Waals surface area (Å²) in [7, 11) is 0. The number of nitrogens with zero attached hydrogens (tertiary/aromatic N) is 4. The maximum Gasteiger partial charge on any atom is 0.270 e. The number of benzene rings is 3. The van der Waals surface area contributed by atoms with Gasteiger partial charge in [-0.05, 0) is 24.3 Å². The van der Waals surface area contributed by atoms with Gasteiger partial charge < -0.3 is 19.7 Å². The molecule has 0 aromatic heterocycles. The number of non-ortho nitro benzene ring substituents is 2. The Labute approximate surface area is 205 Å². The monoisotopic (exact) mass is 494 g/mol. The van der Waals surface area contributed by atoms with E-state index in [1.165, 1.54) is 48.8 Å². The highest BCUT2D eigenvalue weighted by atomic mass is 16.6.